The smallest absolute Gasteiger partial charge is 0.305 e. The Hall–Kier alpha value is -2.77. The van der Waals surface area contributed by atoms with Crippen LogP contribution in [0.5, 0.6) is 17.2 Å². The minimum Gasteiger partial charge on any atom is -0.493 e. The molecule has 0 spiro atoms. The number of nitrogens with zero attached hydrogens (tertiary/aromatic N) is 2. The Morgan fingerprint density at radius 1 is 1.00 bits per heavy atom. The summed E-state index contributed by atoms with van der Waals surface area (Å²) in [6.07, 6.45) is 5.82. The molecule has 0 aliphatic rings. The molecule has 0 fully saturated rings. The summed E-state index contributed by atoms with van der Waals surface area (Å²) < 4.78 is 21.3. The van der Waals surface area contributed by atoms with Crippen LogP contribution >= 0.6 is 0 Å². The molecule has 154 valence electrons. The number of carbonyl (C=O) groups is 1. The Labute approximate surface area is 165 Å². The highest BCUT2D eigenvalue weighted by molar-refractivity contribution is 5.96. The molecular weight excluding hydrogens is 362 g/mol. The molecule has 28 heavy (non-hydrogen) atoms. The van der Waals surface area contributed by atoms with Crippen molar-refractivity contribution < 1.29 is 23.7 Å². The Balaban J connectivity index is 1.97. The fraction of sp³-hybridized carbons (Fsp3) is 0.550. The van der Waals surface area contributed by atoms with Crippen LogP contribution in [0.25, 0.3) is 10.9 Å². The number of unbranched alkanes of at least 4 members (excludes halogenated alkanes) is 3. The number of methoxy groups -OCH3 is 3. The van der Waals surface area contributed by atoms with Crippen molar-refractivity contribution in [3.05, 3.63) is 12.4 Å². The third kappa shape index (κ3) is 5.37. The van der Waals surface area contributed by atoms with Gasteiger partial charge >= 0.3 is 5.97 Å². The van der Waals surface area contributed by atoms with E-state index in [0.717, 1.165) is 43.4 Å². The normalized spacial score (nSPS) is 10.6. The van der Waals surface area contributed by atoms with Crippen LogP contribution in [0.4, 0.5) is 5.82 Å². The van der Waals surface area contributed by atoms with Crippen LogP contribution in [-0.2, 0) is 9.53 Å². The lowest BCUT2D eigenvalue weighted by Crippen LogP contribution is -2.06. The van der Waals surface area contributed by atoms with E-state index in [0.29, 0.717) is 35.8 Å². The van der Waals surface area contributed by atoms with Crippen molar-refractivity contribution in [2.75, 3.05) is 39.8 Å². The van der Waals surface area contributed by atoms with E-state index in [1.54, 1.807) is 21.3 Å². The Kier molecular flexibility index (Phi) is 8.58. The average molecular weight is 391 g/mol. The van der Waals surface area contributed by atoms with Crippen LogP contribution in [-0.4, -0.2) is 50.4 Å². The van der Waals surface area contributed by atoms with E-state index in [1.165, 1.54) is 6.33 Å². The summed E-state index contributed by atoms with van der Waals surface area (Å²) in [6, 6.07) is 1.85. The SMILES string of the molecule is CCOC(=O)CCCCCCNc1ncnc2c(OC)c(OC)c(OC)cc12. The van der Waals surface area contributed by atoms with Crippen LogP contribution in [0, 0.1) is 0 Å². The lowest BCUT2D eigenvalue weighted by molar-refractivity contribution is -0.143. The fourth-order valence-corrected chi connectivity index (χ4v) is 2.99. The molecule has 0 bridgehead atoms. The Bertz CT molecular complexity index is 782. The van der Waals surface area contributed by atoms with Crippen molar-refractivity contribution in [2.45, 2.75) is 39.0 Å². The number of aromatic nitrogens is 2. The van der Waals surface area contributed by atoms with Crippen molar-refractivity contribution in [1.82, 2.24) is 9.97 Å². The number of benzene rings is 1. The van der Waals surface area contributed by atoms with Crippen molar-refractivity contribution in [3.63, 3.8) is 0 Å². The monoisotopic (exact) mass is 391 g/mol. The third-order valence-corrected chi connectivity index (χ3v) is 4.34. The molecule has 1 heterocycles. The second kappa shape index (κ2) is 11.2. The predicted molar refractivity (Wildman–Crippen MR) is 107 cm³/mol. The quantitative estimate of drug-likeness (QED) is 0.434. The topological polar surface area (TPSA) is 91.8 Å². The number of ether oxygens (including phenoxy) is 4. The van der Waals surface area contributed by atoms with Gasteiger partial charge in [-0.15, -0.1) is 0 Å². The molecule has 0 aliphatic heterocycles. The highest BCUT2D eigenvalue weighted by Gasteiger charge is 2.19. The molecule has 1 aromatic heterocycles. The number of carbonyl (C=O) groups excluding carboxylic acids is 1. The zero-order valence-electron chi connectivity index (χ0n) is 17.0. The number of anilines is 1. The van der Waals surface area contributed by atoms with Gasteiger partial charge in [-0.1, -0.05) is 12.8 Å². The van der Waals surface area contributed by atoms with E-state index in [1.807, 2.05) is 13.0 Å². The first-order valence-corrected chi connectivity index (χ1v) is 9.49. The molecule has 0 amide bonds. The summed E-state index contributed by atoms with van der Waals surface area (Å²) in [5.74, 6) is 2.18. The van der Waals surface area contributed by atoms with Gasteiger partial charge in [0, 0.05) is 13.0 Å². The summed E-state index contributed by atoms with van der Waals surface area (Å²) in [4.78, 5) is 20.0. The number of rotatable bonds is 12. The van der Waals surface area contributed by atoms with Crippen LogP contribution in [0.15, 0.2) is 12.4 Å². The Morgan fingerprint density at radius 3 is 2.43 bits per heavy atom. The van der Waals surface area contributed by atoms with Crippen molar-refractivity contribution in [2.24, 2.45) is 0 Å². The van der Waals surface area contributed by atoms with Gasteiger partial charge < -0.3 is 24.3 Å². The second-order valence-corrected chi connectivity index (χ2v) is 6.16. The maximum atomic E-state index is 11.3. The molecule has 1 aromatic carbocycles. The molecule has 0 unspecified atom stereocenters. The first-order valence-electron chi connectivity index (χ1n) is 9.49. The minimum absolute atomic E-state index is 0.119. The highest BCUT2D eigenvalue weighted by Crippen LogP contribution is 2.43. The summed E-state index contributed by atoms with van der Waals surface area (Å²) in [5, 5.41) is 4.16. The molecule has 8 heteroatoms. The van der Waals surface area contributed by atoms with Crippen LogP contribution in [0.1, 0.15) is 39.0 Å². The largest absolute Gasteiger partial charge is 0.493 e. The number of hydrogen-bond acceptors (Lipinski definition) is 8. The van der Waals surface area contributed by atoms with Gasteiger partial charge in [-0.05, 0) is 25.8 Å². The molecule has 0 aliphatic carbocycles. The number of hydrogen-bond donors (Lipinski definition) is 1. The molecule has 0 atom stereocenters. The zero-order chi connectivity index (χ0) is 20.4. The van der Waals surface area contributed by atoms with Gasteiger partial charge in [0.25, 0.3) is 0 Å². The zero-order valence-corrected chi connectivity index (χ0v) is 17.0. The van der Waals surface area contributed by atoms with Gasteiger partial charge in [-0.2, -0.15) is 0 Å². The second-order valence-electron chi connectivity index (χ2n) is 6.16. The molecule has 0 saturated heterocycles. The van der Waals surface area contributed by atoms with Gasteiger partial charge in [0.1, 0.15) is 17.7 Å². The maximum absolute atomic E-state index is 11.3. The first-order chi connectivity index (χ1) is 13.7. The molecule has 2 aromatic rings. The Morgan fingerprint density at radius 2 is 1.75 bits per heavy atom. The van der Waals surface area contributed by atoms with Gasteiger partial charge in [-0.25, -0.2) is 9.97 Å². The van der Waals surface area contributed by atoms with E-state index >= 15 is 0 Å². The lowest BCUT2D eigenvalue weighted by Gasteiger charge is -2.15. The molecule has 2 rings (SSSR count). The number of nitrogens with one attached hydrogen (secondary N) is 1. The van der Waals surface area contributed by atoms with Crippen molar-refractivity contribution in [1.29, 1.82) is 0 Å². The molecule has 0 saturated carbocycles. The van der Waals surface area contributed by atoms with E-state index in [-0.39, 0.29) is 5.97 Å². The van der Waals surface area contributed by atoms with Crippen molar-refractivity contribution in [3.8, 4) is 17.2 Å². The predicted octanol–water partition coefficient (Wildman–Crippen LogP) is 3.58. The lowest BCUT2D eigenvalue weighted by atomic mass is 10.1. The maximum Gasteiger partial charge on any atom is 0.305 e. The van der Waals surface area contributed by atoms with Crippen LogP contribution in [0.3, 0.4) is 0 Å². The third-order valence-electron chi connectivity index (χ3n) is 4.34. The summed E-state index contributed by atoms with van der Waals surface area (Å²) in [6.45, 7) is 3.03. The van der Waals surface area contributed by atoms with E-state index in [4.69, 9.17) is 18.9 Å². The standard InChI is InChI=1S/C20H29N3O5/c1-5-28-16(24)10-8-6-7-9-11-21-20-14-12-15(25-2)18(26-3)19(27-4)17(14)22-13-23-20/h12-13H,5-11H2,1-4H3,(H,21,22,23). The number of esters is 1. The van der Waals surface area contributed by atoms with Gasteiger partial charge in [0.15, 0.2) is 11.5 Å². The first kappa shape index (κ1) is 21.5. The van der Waals surface area contributed by atoms with Crippen LogP contribution in [0.2, 0.25) is 0 Å². The minimum atomic E-state index is -0.119. The van der Waals surface area contributed by atoms with E-state index in [9.17, 15) is 4.79 Å². The highest BCUT2D eigenvalue weighted by atomic mass is 16.5. The van der Waals surface area contributed by atoms with Gasteiger partial charge in [-0.3, -0.25) is 4.79 Å². The summed E-state index contributed by atoms with van der Waals surface area (Å²) in [5.41, 5.74) is 0.659. The van der Waals surface area contributed by atoms with Crippen molar-refractivity contribution >= 4 is 22.7 Å². The van der Waals surface area contributed by atoms with Crippen LogP contribution < -0.4 is 19.5 Å². The summed E-state index contributed by atoms with van der Waals surface area (Å²) >= 11 is 0. The number of fused-ring (bicyclic) bond motifs is 1. The van der Waals surface area contributed by atoms with E-state index < -0.39 is 0 Å². The molecule has 8 nitrogen and oxygen atoms in total. The molecular formula is C20H29N3O5. The fourth-order valence-electron chi connectivity index (χ4n) is 2.99. The molecule has 0 radical (unpaired) electrons. The average Bonchev–Trinajstić information content (AvgIpc) is 2.71. The molecule has 1 N–H and O–H groups in total. The van der Waals surface area contributed by atoms with Gasteiger partial charge in [0.05, 0.1) is 33.3 Å². The summed E-state index contributed by atoms with van der Waals surface area (Å²) in [7, 11) is 4.72. The van der Waals surface area contributed by atoms with Gasteiger partial charge in [0.2, 0.25) is 5.75 Å². The van der Waals surface area contributed by atoms with E-state index in [2.05, 4.69) is 15.3 Å².